The molecule has 0 bridgehead atoms. The second-order valence-corrected chi connectivity index (χ2v) is 7.34. The van der Waals surface area contributed by atoms with Gasteiger partial charge in [0.1, 0.15) is 12.6 Å². The molecule has 3 aromatic rings. The van der Waals surface area contributed by atoms with Crippen molar-refractivity contribution in [3.8, 4) is 5.69 Å². The third kappa shape index (κ3) is 4.83. The zero-order valence-electron chi connectivity index (χ0n) is 15.2. The molecule has 2 heterocycles. The van der Waals surface area contributed by atoms with Crippen LogP contribution in [0, 0.1) is 5.92 Å². The predicted octanol–water partition coefficient (Wildman–Crippen LogP) is 3.43. The van der Waals surface area contributed by atoms with Gasteiger partial charge in [-0.05, 0) is 41.1 Å². The van der Waals surface area contributed by atoms with Crippen LogP contribution in [0.1, 0.15) is 29.1 Å². The molecule has 1 aromatic carbocycles. The van der Waals surface area contributed by atoms with Crippen LogP contribution >= 0.6 is 11.3 Å². The van der Waals surface area contributed by atoms with Gasteiger partial charge in [0, 0.05) is 12.4 Å². The molecule has 0 saturated heterocycles. The fraction of sp³-hybridized carbons (Fsp3) is 0.250. The molecule has 1 N–H and O–H groups in total. The number of carbonyl (C=O) groups excluding carboxylic acids is 2. The van der Waals surface area contributed by atoms with E-state index in [9.17, 15) is 9.59 Å². The van der Waals surface area contributed by atoms with Crippen LogP contribution in [-0.2, 0) is 16.1 Å². The molecule has 1 unspecified atom stereocenters. The Morgan fingerprint density at radius 1 is 1.19 bits per heavy atom. The minimum absolute atomic E-state index is 0.0800. The lowest BCUT2D eigenvalue weighted by atomic mass is 10.0. The summed E-state index contributed by atoms with van der Waals surface area (Å²) in [7, 11) is 0. The summed E-state index contributed by atoms with van der Waals surface area (Å²) in [5.74, 6) is -0.779. The SMILES string of the molecule is CC(C)C(NC(=O)c1cccs1)C(=O)OCc1ccc(-n2cccn2)cc1. The van der Waals surface area contributed by atoms with E-state index in [1.165, 1.54) is 11.3 Å². The first kappa shape index (κ1) is 18.8. The van der Waals surface area contributed by atoms with Crippen LogP contribution < -0.4 is 5.32 Å². The van der Waals surface area contributed by atoms with E-state index in [0.717, 1.165) is 11.3 Å². The molecule has 27 heavy (non-hydrogen) atoms. The largest absolute Gasteiger partial charge is 0.459 e. The molecule has 140 valence electrons. The van der Waals surface area contributed by atoms with Gasteiger partial charge in [-0.2, -0.15) is 5.10 Å². The van der Waals surface area contributed by atoms with Gasteiger partial charge < -0.3 is 10.1 Å². The number of nitrogens with one attached hydrogen (secondary N) is 1. The first-order chi connectivity index (χ1) is 13.0. The maximum absolute atomic E-state index is 12.5. The van der Waals surface area contributed by atoms with Gasteiger partial charge in [0.15, 0.2) is 0 Å². The minimum atomic E-state index is -0.692. The molecule has 0 aliphatic carbocycles. The number of hydrogen-bond donors (Lipinski definition) is 1. The maximum atomic E-state index is 12.5. The van der Waals surface area contributed by atoms with Crippen molar-refractivity contribution in [2.45, 2.75) is 26.5 Å². The van der Waals surface area contributed by atoms with Gasteiger partial charge >= 0.3 is 5.97 Å². The Labute approximate surface area is 161 Å². The lowest BCUT2D eigenvalue weighted by Crippen LogP contribution is -2.45. The van der Waals surface area contributed by atoms with Crippen LogP contribution in [0.3, 0.4) is 0 Å². The Balaban J connectivity index is 1.58. The van der Waals surface area contributed by atoms with Gasteiger partial charge in [-0.1, -0.05) is 32.0 Å². The topological polar surface area (TPSA) is 73.2 Å². The van der Waals surface area contributed by atoms with E-state index in [1.54, 1.807) is 23.0 Å². The van der Waals surface area contributed by atoms with Gasteiger partial charge in [0.25, 0.3) is 5.91 Å². The molecule has 6 nitrogen and oxygen atoms in total. The van der Waals surface area contributed by atoms with E-state index >= 15 is 0 Å². The summed E-state index contributed by atoms with van der Waals surface area (Å²) in [5, 5.41) is 8.77. The van der Waals surface area contributed by atoms with Crippen LogP contribution in [0.25, 0.3) is 5.69 Å². The number of aromatic nitrogens is 2. The van der Waals surface area contributed by atoms with Gasteiger partial charge in [-0.15, -0.1) is 11.3 Å². The number of benzene rings is 1. The highest BCUT2D eigenvalue weighted by atomic mass is 32.1. The van der Waals surface area contributed by atoms with Crippen molar-refractivity contribution in [3.63, 3.8) is 0 Å². The monoisotopic (exact) mass is 383 g/mol. The molecule has 3 rings (SSSR count). The highest BCUT2D eigenvalue weighted by molar-refractivity contribution is 7.12. The summed E-state index contributed by atoms with van der Waals surface area (Å²) in [5.41, 5.74) is 1.80. The Morgan fingerprint density at radius 2 is 1.96 bits per heavy atom. The van der Waals surface area contributed by atoms with Crippen LogP contribution in [0.5, 0.6) is 0 Å². The second kappa shape index (κ2) is 8.64. The molecule has 0 spiro atoms. The van der Waals surface area contributed by atoms with Gasteiger partial charge in [0.2, 0.25) is 0 Å². The van der Waals surface area contributed by atoms with E-state index in [-0.39, 0.29) is 18.4 Å². The average molecular weight is 383 g/mol. The summed E-state index contributed by atoms with van der Waals surface area (Å²) in [6, 6.07) is 12.3. The van der Waals surface area contributed by atoms with Crippen LogP contribution in [-0.4, -0.2) is 27.7 Å². The summed E-state index contributed by atoms with van der Waals surface area (Å²) in [6.07, 6.45) is 3.57. The molecule has 1 amide bonds. The van der Waals surface area contributed by atoms with E-state index in [1.807, 2.05) is 55.8 Å². The first-order valence-corrected chi connectivity index (χ1v) is 9.52. The molecular formula is C20H21N3O3S. The molecule has 0 fully saturated rings. The first-order valence-electron chi connectivity index (χ1n) is 8.64. The van der Waals surface area contributed by atoms with Gasteiger partial charge in [0.05, 0.1) is 10.6 Å². The summed E-state index contributed by atoms with van der Waals surface area (Å²) in [4.78, 5) is 25.3. The lowest BCUT2D eigenvalue weighted by molar-refractivity contribution is -0.148. The average Bonchev–Trinajstić information content (AvgIpc) is 3.38. The fourth-order valence-electron chi connectivity index (χ4n) is 2.53. The Morgan fingerprint density at radius 3 is 2.56 bits per heavy atom. The van der Waals surface area contributed by atoms with E-state index in [2.05, 4.69) is 10.4 Å². The van der Waals surface area contributed by atoms with Crippen molar-refractivity contribution in [2.24, 2.45) is 5.92 Å². The second-order valence-electron chi connectivity index (χ2n) is 6.40. The van der Waals surface area contributed by atoms with E-state index in [0.29, 0.717) is 4.88 Å². The molecular weight excluding hydrogens is 362 g/mol. The predicted molar refractivity (Wildman–Crippen MR) is 104 cm³/mol. The van der Waals surface area contributed by atoms with Crippen LogP contribution in [0.4, 0.5) is 0 Å². The van der Waals surface area contributed by atoms with E-state index in [4.69, 9.17) is 4.74 Å². The zero-order chi connectivity index (χ0) is 19.2. The molecule has 7 heteroatoms. The normalized spacial score (nSPS) is 12.0. The van der Waals surface area contributed by atoms with Crippen molar-refractivity contribution in [1.29, 1.82) is 0 Å². The molecule has 0 saturated carbocycles. The number of carbonyl (C=O) groups is 2. The van der Waals surface area contributed by atoms with Crippen molar-refractivity contribution in [2.75, 3.05) is 0 Å². The van der Waals surface area contributed by atoms with Gasteiger partial charge in [-0.25, -0.2) is 9.48 Å². The maximum Gasteiger partial charge on any atom is 0.329 e. The Bertz CT molecular complexity index is 872. The summed E-state index contributed by atoms with van der Waals surface area (Å²) >= 11 is 1.34. The Hall–Kier alpha value is -2.93. The smallest absolute Gasteiger partial charge is 0.329 e. The molecule has 0 aliphatic heterocycles. The van der Waals surface area contributed by atoms with Crippen LogP contribution in [0.15, 0.2) is 60.2 Å². The number of hydrogen-bond acceptors (Lipinski definition) is 5. The lowest BCUT2D eigenvalue weighted by Gasteiger charge is -2.20. The molecule has 2 aromatic heterocycles. The third-order valence-electron chi connectivity index (χ3n) is 4.04. The minimum Gasteiger partial charge on any atom is -0.459 e. The van der Waals surface area contributed by atoms with Crippen molar-refractivity contribution < 1.29 is 14.3 Å². The third-order valence-corrected chi connectivity index (χ3v) is 4.91. The fourth-order valence-corrected chi connectivity index (χ4v) is 3.16. The standard InChI is InChI=1S/C20H21N3O3S/c1-14(2)18(22-19(24)17-5-3-12-27-17)20(25)26-13-15-6-8-16(9-7-15)23-11-4-10-21-23/h3-12,14,18H,13H2,1-2H3,(H,22,24). The quantitative estimate of drug-likeness (QED) is 0.635. The summed E-state index contributed by atoms with van der Waals surface area (Å²) < 4.78 is 7.18. The number of ether oxygens (including phenoxy) is 1. The summed E-state index contributed by atoms with van der Waals surface area (Å²) in [6.45, 7) is 3.90. The number of thiophene rings is 1. The number of rotatable bonds is 7. The molecule has 0 aliphatic rings. The number of esters is 1. The van der Waals surface area contributed by atoms with Gasteiger partial charge in [-0.3, -0.25) is 4.79 Å². The Kier molecular flexibility index (Phi) is 6.03. The highest BCUT2D eigenvalue weighted by Gasteiger charge is 2.26. The highest BCUT2D eigenvalue weighted by Crippen LogP contribution is 2.13. The van der Waals surface area contributed by atoms with Crippen molar-refractivity contribution in [3.05, 3.63) is 70.7 Å². The number of amides is 1. The molecule has 1 atom stereocenters. The number of nitrogens with zero attached hydrogens (tertiary/aromatic N) is 2. The van der Waals surface area contributed by atoms with Crippen molar-refractivity contribution in [1.82, 2.24) is 15.1 Å². The van der Waals surface area contributed by atoms with E-state index < -0.39 is 12.0 Å². The zero-order valence-corrected chi connectivity index (χ0v) is 16.0. The van der Waals surface area contributed by atoms with Crippen molar-refractivity contribution >= 4 is 23.2 Å². The van der Waals surface area contributed by atoms with Crippen LogP contribution in [0.2, 0.25) is 0 Å². The molecule has 0 radical (unpaired) electrons.